The van der Waals surface area contributed by atoms with Gasteiger partial charge in [-0.05, 0) is 18.8 Å². The quantitative estimate of drug-likeness (QED) is 0.564. The zero-order valence-electron chi connectivity index (χ0n) is 8.52. The predicted molar refractivity (Wildman–Crippen MR) is 52.4 cm³/mol. The minimum absolute atomic E-state index is 0.108. The molecular formula is C11H18FN. The van der Waals surface area contributed by atoms with E-state index in [9.17, 15) is 4.39 Å². The van der Waals surface area contributed by atoms with Crippen LogP contribution in [0.1, 0.15) is 26.7 Å². The Hall–Kier alpha value is -0.370. The molecule has 1 nitrogen and oxygen atoms in total. The number of nitrogens with zero attached hydrogens (tertiary/aromatic N) is 1. The Morgan fingerprint density at radius 2 is 2.31 bits per heavy atom. The van der Waals surface area contributed by atoms with Crippen molar-refractivity contribution >= 4 is 0 Å². The third kappa shape index (κ3) is 1.23. The van der Waals surface area contributed by atoms with E-state index in [2.05, 4.69) is 25.3 Å². The lowest BCUT2D eigenvalue weighted by Gasteiger charge is -2.35. The molecule has 2 aliphatic rings. The number of hydrogen-bond acceptors (Lipinski definition) is 1. The van der Waals surface area contributed by atoms with Crippen LogP contribution in [0.15, 0.2) is 12.2 Å². The van der Waals surface area contributed by atoms with Crippen LogP contribution in [0.4, 0.5) is 4.39 Å². The largest absolute Gasteiger partial charge is 0.290 e. The normalized spacial score (nSPS) is 40.3. The second-order valence-corrected chi connectivity index (χ2v) is 4.87. The molecule has 0 amide bonds. The lowest BCUT2D eigenvalue weighted by molar-refractivity contribution is 0.136. The van der Waals surface area contributed by atoms with Crippen molar-refractivity contribution in [1.82, 2.24) is 4.90 Å². The van der Waals surface area contributed by atoms with Gasteiger partial charge >= 0.3 is 0 Å². The number of alkyl halides is 1. The minimum Gasteiger partial charge on any atom is -0.290 e. The first-order valence-corrected chi connectivity index (χ1v) is 5.10. The lowest BCUT2D eigenvalue weighted by atomic mass is 9.82. The van der Waals surface area contributed by atoms with E-state index >= 15 is 0 Å². The van der Waals surface area contributed by atoms with Gasteiger partial charge in [-0.25, -0.2) is 4.39 Å². The molecule has 2 atom stereocenters. The number of fused-ring (bicyclic) bond motifs is 1. The average Bonchev–Trinajstić information content (AvgIpc) is 2.40. The van der Waals surface area contributed by atoms with E-state index in [-0.39, 0.29) is 5.54 Å². The van der Waals surface area contributed by atoms with Crippen molar-refractivity contribution in [2.45, 2.75) is 38.4 Å². The molecule has 13 heavy (non-hydrogen) atoms. The van der Waals surface area contributed by atoms with E-state index in [0.717, 1.165) is 13.0 Å². The fourth-order valence-corrected chi connectivity index (χ4v) is 2.97. The van der Waals surface area contributed by atoms with Crippen LogP contribution in [0, 0.1) is 5.92 Å². The first-order chi connectivity index (χ1) is 6.04. The number of halogens is 1. The van der Waals surface area contributed by atoms with E-state index in [0.29, 0.717) is 18.9 Å². The van der Waals surface area contributed by atoms with Crippen molar-refractivity contribution < 1.29 is 4.39 Å². The van der Waals surface area contributed by atoms with Crippen LogP contribution in [0.3, 0.4) is 0 Å². The molecule has 0 saturated carbocycles. The smallest absolute Gasteiger partial charge is 0.115 e. The summed E-state index contributed by atoms with van der Waals surface area (Å²) >= 11 is 0. The molecule has 2 heteroatoms. The topological polar surface area (TPSA) is 3.24 Å². The first kappa shape index (κ1) is 9.20. The van der Waals surface area contributed by atoms with Crippen LogP contribution in [-0.4, -0.2) is 29.7 Å². The summed E-state index contributed by atoms with van der Waals surface area (Å²) in [5.41, 5.74) is 1.39. The van der Waals surface area contributed by atoms with Crippen LogP contribution in [0.5, 0.6) is 0 Å². The van der Waals surface area contributed by atoms with Crippen molar-refractivity contribution in [2.75, 3.05) is 13.1 Å². The molecule has 2 saturated heterocycles. The third-order valence-corrected chi connectivity index (χ3v) is 3.67. The molecule has 0 radical (unpaired) electrons. The first-order valence-electron chi connectivity index (χ1n) is 5.10. The summed E-state index contributed by atoms with van der Waals surface area (Å²) in [6.45, 7) is 9.96. The minimum atomic E-state index is -0.615. The molecule has 0 aromatic rings. The molecule has 0 aliphatic carbocycles. The molecule has 2 fully saturated rings. The Morgan fingerprint density at radius 1 is 1.62 bits per heavy atom. The second-order valence-electron chi connectivity index (χ2n) is 4.87. The molecule has 2 heterocycles. The molecular weight excluding hydrogens is 165 g/mol. The molecule has 0 bridgehead atoms. The summed E-state index contributed by atoms with van der Waals surface area (Å²) < 4.78 is 13.3. The summed E-state index contributed by atoms with van der Waals surface area (Å²) in [4.78, 5) is 2.30. The SMILES string of the molecule is C=C1CN2C[C@H](F)C[C@@]2(C(C)C)C1. The Labute approximate surface area is 79.6 Å². The molecule has 0 spiro atoms. The van der Waals surface area contributed by atoms with E-state index in [1.54, 1.807) is 0 Å². The Bertz CT molecular complexity index is 236. The molecule has 2 rings (SSSR count). The Morgan fingerprint density at radius 3 is 2.85 bits per heavy atom. The van der Waals surface area contributed by atoms with E-state index < -0.39 is 6.17 Å². The molecule has 74 valence electrons. The zero-order chi connectivity index (χ0) is 9.64. The monoisotopic (exact) mass is 183 g/mol. The van der Waals surface area contributed by atoms with Crippen molar-refractivity contribution in [1.29, 1.82) is 0 Å². The zero-order valence-corrected chi connectivity index (χ0v) is 8.52. The van der Waals surface area contributed by atoms with Gasteiger partial charge < -0.3 is 0 Å². The summed E-state index contributed by atoms with van der Waals surface area (Å²) in [5, 5.41) is 0. The predicted octanol–water partition coefficient (Wildman–Crippen LogP) is 2.38. The maximum atomic E-state index is 13.3. The van der Waals surface area contributed by atoms with Gasteiger partial charge in [-0.15, -0.1) is 0 Å². The van der Waals surface area contributed by atoms with Crippen molar-refractivity contribution in [3.8, 4) is 0 Å². The van der Waals surface area contributed by atoms with E-state index in [1.165, 1.54) is 5.57 Å². The van der Waals surface area contributed by atoms with Gasteiger partial charge in [0.2, 0.25) is 0 Å². The van der Waals surface area contributed by atoms with Crippen LogP contribution < -0.4 is 0 Å². The highest BCUT2D eigenvalue weighted by molar-refractivity contribution is 5.19. The molecule has 0 aromatic heterocycles. The van der Waals surface area contributed by atoms with E-state index in [1.807, 2.05) is 0 Å². The van der Waals surface area contributed by atoms with Crippen molar-refractivity contribution in [2.24, 2.45) is 5.92 Å². The summed E-state index contributed by atoms with van der Waals surface area (Å²) in [5.74, 6) is 0.535. The van der Waals surface area contributed by atoms with Crippen LogP contribution in [0.2, 0.25) is 0 Å². The van der Waals surface area contributed by atoms with Crippen molar-refractivity contribution in [3.63, 3.8) is 0 Å². The average molecular weight is 183 g/mol. The summed E-state index contributed by atoms with van der Waals surface area (Å²) in [6.07, 6.45) is 1.10. The Balaban J connectivity index is 2.26. The highest BCUT2D eigenvalue weighted by Crippen LogP contribution is 2.46. The fraction of sp³-hybridized carbons (Fsp3) is 0.818. The summed E-state index contributed by atoms with van der Waals surface area (Å²) in [7, 11) is 0. The Kier molecular flexibility index (Phi) is 1.99. The van der Waals surface area contributed by atoms with Gasteiger partial charge in [-0.2, -0.15) is 0 Å². The van der Waals surface area contributed by atoms with Gasteiger partial charge in [0.05, 0.1) is 0 Å². The maximum Gasteiger partial charge on any atom is 0.115 e. The second kappa shape index (κ2) is 2.81. The van der Waals surface area contributed by atoms with Crippen LogP contribution in [-0.2, 0) is 0 Å². The van der Waals surface area contributed by atoms with Gasteiger partial charge in [-0.1, -0.05) is 26.0 Å². The lowest BCUT2D eigenvalue weighted by Crippen LogP contribution is -2.42. The molecule has 2 aliphatic heterocycles. The summed E-state index contributed by atoms with van der Waals surface area (Å²) in [6, 6.07) is 0. The number of hydrogen-bond donors (Lipinski definition) is 0. The van der Waals surface area contributed by atoms with Crippen LogP contribution in [0.25, 0.3) is 0 Å². The molecule has 0 N–H and O–H groups in total. The van der Waals surface area contributed by atoms with Gasteiger partial charge in [0.15, 0.2) is 0 Å². The van der Waals surface area contributed by atoms with E-state index in [4.69, 9.17) is 0 Å². The van der Waals surface area contributed by atoms with Crippen molar-refractivity contribution in [3.05, 3.63) is 12.2 Å². The standard InChI is InChI=1S/C11H18FN/c1-8(2)11-4-9(3)6-13(11)7-10(12)5-11/h8,10H,3-7H2,1-2H3/t10-,11-/m1/s1. The highest BCUT2D eigenvalue weighted by atomic mass is 19.1. The number of rotatable bonds is 1. The van der Waals surface area contributed by atoms with Gasteiger partial charge in [0.1, 0.15) is 6.17 Å². The fourth-order valence-electron chi connectivity index (χ4n) is 2.97. The molecule has 0 aromatic carbocycles. The molecule has 0 unspecified atom stereocenters. The highest BCUT2D eigenvalue weighted by Gasteiger charge is 2.51. The third-order valence-electron chi connectivity index (χ3n) is 3.67. The van der Waals surface area contributed by atoms with Gasteiger partial charge in [0, 0.05) is 18.6 Å². The van der Waals surface area contributed by atoms with Gasteiger partial charge in [0.25, 0.3) is 0 Å². The van der Waals surface area contributed by atoms with Gasteiger partial charge in [-0.3, -0.25) is 4.90 Å². The van der Waals surface area contributed by atoms with Crippen LogP contribution >= 0.6 is 0 Å². The maximum absolute atomic E-state index is 13.3.